The number of halogens is 1. The predicted octanol–water partition coefficient (Wildman–Crippen LogP) is 2.89. The average Bonchev–Trinajstić information content (AvgIpc) is 2.33. The minimum Gasteiger partial charge on any atom is -0.464 e. The van der Waals surface area contributed by atoms with Crippen LogP contribution >= 0.6 is 11.6 Å². The van der Waals surface area contributed by atoms with Gasteiger partial charge < -0.3 is 4.42 Å². The molecule has 0 saturated carbocycles. The summed E-state index contributed by atoms with van der Waals surface area (Å²) in [6.07, 6.45) is 1.63. The number of hydrogen-bond donors (Lipinski definition) is 0. The summed E-state index contributed by atoms with van der Waals surface area (Å²) in [5.74, 6) is 0. The molecule has 0 aliphatic carbocycles. The van der Waals surface area contributed by atoms with Crippen LogP contribution in [0.1, 0.15) is 0 Å². The Hall–Kier alpha value is -0.950. The Kier molecular flexibility index (Phi) is 1.18. The van der Waals surface area contributed by atoms with E-state index in [4.69, 9.17) is 16.0 Å². The summed E-state index contributed by atoms with van der Waals surface area (Å²) in [5, 5.41) is 1.62. The Morgan fingerprint density at radius 3 is 3.30 bits per heavy atom. The molecule has 0 bridgehead atoms. The van der Waals surface area contributed by atoms with Crippen LogP contribution in [0.2, 0.25) is 5.02 Å². The van der Waals surface area contributed by atoms with Gasteiger partial charge >= 0.3 is 0 Å². The molecule has 0 atom stereocenters. The number of rotatable bonds is 0. The van der Waals surface area contributed by atoms with Crippen LogP contribution in [0, 0.1) is 6.07 Å². The highest BCUT2D eigenvalue weighted by Crippen LogP contribution is 2.18. The maximum atomic E-state index is 5.66. The number of furan rings is 1. The summed E-state index contributed by atoms with van der Waals surface area (Å²) in [7, 11) is 0. The van der Waals surface area contributed by atoms with E-state index in [1.807, 2.05) is 6.07 Å². The van der Waals surface area contributed by atoms with Gasteiger partial charge in [-0.25, -0.2) is 0 Å². The zero-order valence-electron chi connectivity index (χ0n) is 5.10. The Balaban J connectivity index is 2.86. The van der Waals surface area contributed by atoms with Gasteiger partial charge in [0, 0.05) is 17.5 Å². The highest BCUT2D eigenvalue weighted by molar-refractivity contribution is 6.31. The van der Waals surface area contributed by atoms with Gasteiger partial charge in [-0.15, -0.1) is 0 Å². The van der Waals surface area contributed by atoms with Crippen molar-refractivity contribution in [2.24, 2.45) is 0 Å². The molecule has 0 amide bonds. The molecule has 0 aliphatic heterocycles. The highest BCUT2D eigenvalue weighted by atomic mass is 35.5. The smallest absolute Gasteiger partial charge is 0.135 e. The summed E-state index contributed by atoms with van der Waals surface area (Å²) in [4.78, 5) is 0. The molecule has 2 aromatic rings. The van der Waals surface area contributed by atoms with Crippen molar-refractivity contribution in [1.82, 2.24) is 0 Å². The van der Waals surface area contributed by atoms with Crippen LogP contribution in [0.25, 0.3) is 11.0 Å². The molecular formula is C8H4ClO. The van der Waals surface area contributed by atoms with Crippen molar-refractivity contribution in [3.63, 3.8) is 0 Å². The van der Waals surface area contributed by atoms with E-state index in [1.165, 1.54) is 0 Å². The second kappa shape index (κ2) is 2.03. The lowest BCUT2D eigenvalue weighted by Gasteiger charge is -1.86. The van der Waals surface area contributed by atoms with Gasteiger partial charge in [0.2, 0.25) is 0 Å². The molecule has 0 fully saturated rings. The first-order valence-electron chi connectivity index (χ1n) is 2.91. The normalized spacial score (nSPS) is 10.5. The van der Waals surface area contributed by atoms with Crippen molar-refractivity contribution in [3.8, 4) is 0 Å². The molecule has 0 spiro atoms. The van der Waals surface area contributed by atoms with Gasteiger partial charge in [-0.2, -0.15) is 0 Å². The van der Waals surface area contributed by atoms with Crippen LogP contribution in [0.5, 0.6) is 0 Å². The van der Waals surface area contributed by atoms with Crippen LogP contribution in [0.15, 0.2) is 28.9 Å². The topological polar surface area (TPSA) is 13.1 Å². The first-order valence-corrected chi connectivity index (χ1v) is 3.28. The van der Waals surface area contributed by atoms with Crippen LogP contribution in [0.3, 0.4) is 0 Å². The SMILES string of the molecule is Clc1[c]cc2ccoc2c1. The van der Waals surface area contributed by atoms with Crippen molar-refractivity contribution < 1.29 is 4.42 Å². The number of benzene rings is 1. The minimum atomic E-state index is 0.586. The van der Waals surface area contributed by atoms with E-state index in [-0.39, 0.29) is 0 Å². The van der Waals surface area contributed by atoms with Gasteiger partial charge in [0.25, 0.3) is 0 Å². The second-order valence-electron chi connectivity index (χ2n) is 2.02. The minimum absolute atomic E-state index is 0.586. The zero-order chi connectivity index (χ0) is 6.97. The fourth-order valence-electron chi connectivity index (χ4n) is 0.871. The summed E-state index contributed by atoms with van der Waals surface area (Å²) in [6, 6.07) is 8.30. The lowest BCUT2D eigenvalue weighted by Crippen LogP contribution is -1.63. The average molecular weight is 152 g/mol. The molecule has 1 nitrogen and oxygen atoms in total. The van der Waals surface area contributed by atoms with Crippen LogP contribution < -0.4 is 0 Å². The molecule has 49 valence electrons. The third kappa shape index (κ3) is 0.792. The first-order chi connectivity index (χ1) is 4.86. The maximum absolute atomic E-state index is 5.66. The van der Waals surface area contributed by atoms with Gasteiger partial charge in [-0.05, 0) is 12.1 Å². The lowest BCUT2D eigenvalue weighted by molar-refractivity contribution is 0.616. The molecule has 0 saturated heterocycles. The Bertz CT molecular complexity index is 351. The quantitative estimate of drug-likeness (QED) is 0.564. The molecule has 2 heteroatoms. The standard InChI is InChI=1S/C8H4ClO/c9-7-2-1-6-3-4-10-8(6)5-7/h1,3-5H. The largest absolute Gasteiger partial charge is 0.464 e. The number of fused-ring (bicyclic) bond motifs is 1. The Morgan fingerprint density at radius 2 is 2.40 bits per heavy atom. The molecule has 1 aromatic heterocycles. The molecule has 10 heavy (non-hydrogen) atoms. The summed E-state index contributed by atoms with van der Waals surface area (Å²) in [5.41, 5.74) is 0.809. The second-order valence-corrected chi connectivity index (χ2v) is 2.43. The van der Waals surface area contributed by atoms with E-state index in [0.29, 0.717) is 5.02 Å². The Morgan fingerprint density at radius 1 is 1.50 bits per heavy atom. The van der Waals surface area contributed by atoms with E-state index >= 15 is 0 Å². The molecular weight excluding hydrogens is 148 g/mol. The van der Waals surface area contributed by atoms with Gasteiger partial charge in [0.15, 0.2) is 0 Å². The van der Waals surface area contributed by atoms with Crippen molar-refractivity contribution in [1.29, 1.82) is 0 Å². The van der Waals surface area contributed by atoms with Crippen LogP contribution in [-0.4, -0.2) is 0 Å². The first kappa shape index (κ1) is 5.81. The molecule has 1 heterocycles. The van der Waals surface area contributed by atoms with Crippen molar-refractivity contribution in [2.75, 3.05) is 0 Å². The van der Waals surface area contributed by atoms with Gasteiger partial charge in [0.05, 0.1) is 11.3 Å². The van der Waals surface area contributed by atoms with E-state index in [1.54, 1.807) is 18.4 Å². The van der Waals surface area contributed by atoms with Crippen molar-refractivity contribution in [3.05, 3.63) is 35.6 Å². The highest BCUT2D eigenvalue weighted by Gasteiger charge is 1.95. The van der Waals surface area contributed by atoms with E-state index in [9.17, 15) is 0 Å². The van der Waals surface area contributed by atoms with E-state index in [0.717, 1.165) is 11.0 Å². The molecule has 0 unspecified atom stereocenters. The third-order valence-electron chi connectivity index (χ3n) is 1.35. The maximum Gasteiger partial charge on any atom is 0.135 e. The van der Waals surface area contributed by atoms with E-state index in [2.05, 4.69) is 6.07 Å². The molecule has 2 rings (SSSR count). The Labute approximate surface area is 63.2 Å². The van der Waals surface area contributed by atoms with Crippen molar-refractivity contribution >= 4 is 22.6 Å². The molecule has 1 radical (unpaired) electrons. The number of hydrogen-bond acceptors (Lipinski definition) is 1. The monoisotopic (exact) mass is 151 g/mol. The molecule has 1 aromatic carbocycles. The van der Waals surface area contributed by atoms with Gasteiger partial charge in [0.1, 0.15) is 5.58 Å². The van der Waals surface area contributed by atoms with Gasteiger partial charge in [-0.1, -0.05) is 11.6 Å². The van der Waals surface area contributed by atoms with E-state index < -0.39 is 0 Å². The summed E-state index contributed by atoms with van der Waals surface area (Å²) in [6.45, 7) is 0. The van der Waals surface area contributed by atoms with Crippen LogP contribution in [0.4, 0.5) is 0 Å². The third-order valence-corrected chi connectivity index (χ3v) is 1.57. The summed E-state index contributed by atoms with van der Waals surface area (Å²) < 4.78 is 5.09. The van der Waals surface area contributed by atoms with Gasteiger partial charge in [-0.3, -0.25) is 0 Å². The van der Waals surface area contributed by atoms with Crippen molar-refractivity contribution in [2.45, 2.75) is 0 Å². The molecule has 0 N–H and O–H groups in total. The van der Waals surface area contributed by atoms with Crippen LogP contribution in [-0.2, 0) is 0 Å². The fourth-order valence-corrected chi connectivity index (χ4v) is 1.02. The zero-order valence-corrected chi connectivity index (χ0v) is 5.85. The predicted molar refractivity (Wildman–Crippen MR) is 40.1 cm³/mol. The molecule has 0 aliphatic rings. The lowest BCUT2D eigenvalue weighted by atomic mass is 10.3. The fraction of sp³-hybridized carbons (Fsp3) is 0. The summed E-state index contributed by atoms with van der Waals surface area (Å²) >= 11 is 5.66.